The lowest BCUT2D eigenvalue weighted by atomic mass is 10.1. The third-order valence-corrected chi connectivity index (χ3v) is 3.68. The number of rotatable bonds is 5. The van der Waals surface area contributed by atoms with Crippen molar-refractivity contribution in [2.75, 3.05) is 5.75 Å². The van der Waals surface area contributed by atoms with Gasteiger partial charge in [-0.1, -0.05) is 18.2 Å². The first kappa shape index (κ1) is 21.8. The number of aromatic hydroxyl groups is 1. The SMILES string of the molecule is O=C(/C=C/c1ccccc1O)OC(CS(=O)(=O)O)(C(F)(F)F)C(F)(F)F. The monoisotopic (exact) mass is 408 g/mol. The second-order valence-electron chi connectivity index (χ2n) is 4.86. The number of phenols is 1. The van der Waals surface area contributed by atoms with Gasteiger partial charge in [0, 0.05) is 11.6 Å². The summed E-state index contributed by atoms with van der Waals surface area (Å²) >= 11 is 0. The van der Waals surface area contributed by atoms with E-state index in [4.69, 9.17) is 4.55 Å². The summed E-state index contributed by atoms with van der Waals surface area (Å²) in [6, 6.07) is 5.01. The van der Waals surface area contributed by atoms with Gasteiger partial charge in [-0.3, -0.25) is 4.55 Å². The summed E-state index contributed by atoms with van der Waals surface area (Å²) < 4.78 is 111. The van der Waals surface area contributed by atoms with Gasteiger partial charge in [0.25, 0.3) is 10.1 Å². The van der Waals surface area contributed by atoms with Gasteiger partial charge in [-0.25, -0.2) is 4.79 Å². The van der Waals surface area contributed by atoms with Crippen molar-refractivity contribution in [3.8, 4) is 5.75 Å². The Balaban J connectivity index is 3.28. The lowest BCUT2D eigenvalue weighted by molar-refractivity contribution is -0.360. The molecule has 26 heavy (non-hydrogen) atoms. The lowest BCUT2D eigenvalue weighted by Crippen LogP contribution is -2.63. The number of carbonyl (C=O) groups is 1. The molecule has 1 aromatic rings. The minimum atomic E-state index is -6.40. The van der Waals surface area contributed by atoms with E-state index in [1.807, 2.05) is 0 Å². The summed E-state index contributed by atoms with van der Waals surface area (Å²) in [7, 11) is -5.85. The molecule has 0 atom stereocenters. The first-order valence-corrected chi connectivity index (χ1v) is 7.98. The average Bonchev–Trinajstić information content (AvgIpc) is 2.42. The molecule has 0 fully saturated rings. The maximum absolute atomic E-state index is 13.0. The molecule has 0 radical (unpaired) electrons. The van der Waals surface area contributed by atoms with E-state index >= 15 is 0 Å². The molecule has 13 heteroatoms. The van der Waals surface area contributed by atoms with Crippen LogP contribution in [0.15, 0.2) is 30.3 Å². The van der Waals surface area contributed by atoms with Crippen molar-refractivity contribution in [2.45, 2.75) is 18.0 Å². The molecule has 1 rings (SSSR count). The summed E-state index contributed by atoms with van der Waals surface area (Å²) in [4.78, 5) is 11.5. The molecule has 0 amide bonds. The highest BCUT2D eigenvalue weighted by atomic mass is 32.2. The van der Waals surface area contributed by atoms with E-state index in [1.165, 1.54) is 18.2 Å². The molecule has 0 bridgehead atoms. The predicted octanol–water partition coefficient (Wildman–Crippen LogP) is 2.70. The summed E-state index contributed by atoms with van der Waals surface area (Å²) in [5.41, 5.74) is -5.61. The number of ether oxygens (including phenoxy) is 1. The first-order chi connectivity index (χ1) is 11.6. The standard InChI is InChI=1S/C13H10F6O6S/c14-12(15,16)11(13(17,18)19,7-26(22,23)24)25-10(21)6-5-8-3-1-2-4-9(8)20/h1-6,20H,7H2,(H,22,23,24)/b6-5+. The third-order valence-electron chi connectivity index (χ3n) is 2.91. The zero-order chi connectivity index (χ0) is 20.4. The van der Waals surface area contributed by atoms with Gasteiger partial charge >= 0.3 is 23.9 Å². The van der Waals surface area contributed by atoms with Crippen LogP contribution in [0.5, 0.6) is 5.75 Å². The largest absolute Gasteiger partial charge is 0.507 e. The van der Waals surface area contributed by atoms with Crippen LogP contribution in [-0.2, 0) is 19.6 Å². The molecule has 0 spiro atoms. The molecule has 0 saturated heterocycles. The maximum Gasteiger partial charge on any atom is 0.438 e. The van der Waals surface area contributed by atoms with Crippen LogP contribution >= 0.6 is 0 Å². The van der Waals surface area contributed by atoms with E-state index in [2.05, 4.69) is 4.74 Å². The van der Waals surface area contributed by atoms with Crippen LogP contribution in [0, 0.1) is 0 Å². The Morgan fingerprint density at radius 2 is 1.58 bits per heavy atom. The Morgan fingerprint density at radius 1 is 1.08 bits per heavy atom. The van der Waals surface area contributed by atoms with Crippen LogP contribution in [-0.4, -0.2) is 47.8 Å². The number of hydrogen-bond donors (Lipinski definition) is 2. The zero-order valence-corrected chi connectivity index (χ0v) is 13.2. The minimum Gasteiger partial charge on any atom is -0.507 e. The van der Waals surface area contributed by atoms with Gasteiger partial charge in [-0.15, -0.1) is 0 Å². The number of halogens is 6. The maximum atomic E-state index is 13.0. The Morgan fingerprint density at radius 3 is 2.00 bits per heavy atom. The smallest absolute Gasteiger partial charge is 0.438 e. The molecule has 0 saturated carbocycles. The molecule has 1 aromatic carbocycles. The van der Waals surface area contributed by atoms with Crippen molar-refractivity contribution < 1.29 is 54.0 Å². The molecular weight excluding hydrogens is 398 g/mol. The normalized spacial score (nSPS) is 13.8. The molecule has 0 aliphatic heterocycles. The number of phenolic OH excluding ortho intramolecular Hbond substituents is 1. The van der Waals surface area contributed by atoms with Gasteiger partial charge in [0.2, 0.25) is 0 Å². The summed E-state index contributed by atoms with van der Waals surface area (Å²) in [5, 5.41) is 9.39. The van der Waals surface area contributed by atoms with Crippen molar-refractivity contribution in [3.63, 3.8) is 0 Å². The topological polar surface area (TPSA) is 101 Å². The van der Waals surface area contributed by atoms with E-state index in [0.29, 0.717) is 6.08 Å². The fourth-order valence-electron chi connectivity index (χ4n) is 1.72. The molecule has 2 N–H and O–H groups in total. The highest BCUT2D eigenvalue weighted by molar-refractivity contribution is 7.85. The van der Waals surface area contributed by atoms with Crippen molar-refractivity contribution in [3.05, 3.63) is 35.9 Å². The van der Waals surface area contributed by atoms with E-state index in [1.54, 1.807) is 0 Å². The van der Waals surface area contributed by atoms with E-state index in [9.17, 15) is 44.7 Å². The second kappa shape index (κ2) is 7.15. The molecule has 0 aliphatic carbocycles. The molecule has 0 aromatic heterocycles. The molecule has 0 aliphatic rings. The van der Waals surface area contributed by atoms with Crippen LogP contribution in [0.3, 0.4) is 0 Å². The number of benzene rings is 1. The van der Waals surface area contributed by atoms with Gasteiger partial charge in [0.15, 0.2) is 0 Å². The fraction of sp³-hybridized carbons (Fsp3) is 0.308. The Bertz CT molecular complexity index is 782. The first-order valence-electron chi connectivity index (χ1n) is 6.37. The predicted molar refractivity (Wildman–Crippen MR) is 74.5 cm³/mol. The summed E-state index contributed by atoms with van der Waals surface area (Å²) in [5.74, 6) is -5.61. The Labute approximate surface area is 142 Å². The quantitative estimate of drug-likeness (QED) is 0.336. The minimum absolute atomic E-state index is 0.130. The highest BCUT2D eigenvalue weighted by Gasteiger charge is 2.75. The van der Waals surface area contributed by atoms with Crippen LogP contribution in [0.4, 0.5) is 26.3 Å². The van der Waals surface area contributed by atoms with Gasteiger partial charge in [0.1, 0.15) is 11.5 Å². The van der Waals surface area contributed by atoms with Gasteiger partial charge in [0.05, 0.1) is 0 Å². The third kappa shape index (κ3) is 5.11. The van der Waals surface area contributed by atoms with Crippen molar-refractivity contribution >= 4 is 22.2 Å². The Hall–Kier alpha value is -2.28. The van der Waals surface area contributed by atoms with Crippen LogP contribution in [0.25, 0.3) is 6.08 Å². The van der Waals surface area contributed by atoms with Gasteiger partial charge in [-0.2, -0.15) is 34.8 Å². The molecule has 0 unspecified atom stereocenters. The Kier molecular flexibility index (Phi) is 5.98. The number of carbonyl (C=O) groups excluding carboxylic acids is 1. The number of hydrogen-bond acceptors (Lipinski definition) is 5. The van der Waals surface area contributed by atoms with Crippen LogP contribution in [0.1, 0.15) is 5.56 Å². The van der Waals surface area contributed by atoms with Crippen LogP contribution < -0.4 is 0 Å². The van der Waals surface area contributed by atoms with E-state index in [-0.39, 0.29) is 11.6 Å². The molecular formula is C13H10F6O6S. The van der Waals surface area contributed by atoms with Crippen LogP contribution in [0.2, 0.25) is 0 Å². The lowest BCUT2D eigenvalue weighted by Gasteiger charge is -2.35. The number of alkyl halides is 6. The molecule has 0 heterocycles. The number of esters is 1. The van der Waals surface area contributed by atoms with Crippen molar-refractivity contribution in [2.24, 2.45) is 0 Å². The van der Waals surface area contributed by atoms with E-state index < -0.39 is 45.5 Å². The van der Waals surface area contributed by atoms with Crippen molar-refractivity contribution in [1.29, 1.82) is 0 Å². The highest BCUT2D eigenvalue weighted by Crippen LogP contribution is 2.46. The molecule has 6 nitrogen and oxygen atoms in total. The van der Waals surface area contributed by atoms with E-state index in [0.717, 1.165) is 6.07 Å². The molecule has 146 valence electrons. The summed E-state index contributed by atoms with van der Waals surface area (Å²) in [6.07, 6.45) is -12.0. The zero-order valence-electron chi connectivity index (χ0n) is 12.4. The second-order valence-corrected chi connectivity index (χ2v) is 6.31. The fourth-order valence-corrected chi connectivity index (χ4v) is 2.62. The average molecular weight is 408 g/mol. The van der Waals surface area contributed by atoms with Gasteiger partial charge < -0.3 is 9.84 Å². The number of para-hydroxylation sites is 1. The van der Waals surface area contributed by atoms with Crippen molar-refractivity contribution in [1.82, 2.24) is 0 Å². The van der Waals surface area contributed by atoms with Gasteiger partial charge in [-0.05, 0) is 12.1 Å². The summed E-state index contributed by atoms with van der Waals surface area (Å²) in [6.45, 7) is 0.